The Labute approximate surface area is 86.5 Å². The first-order valence-corrected chi connectivity index (χ1v) is 5.03. The summed E-state index contributed by atoms with van der Waals surface area (Å²) in [5, 5.41) is 0. The molecule has 0 radical (unpaired) electrons. The minimum Gasteiger partial charge on any atom is -0.330 e. The zero-order chi connectivity index (χ0) is 8.97. The van der Waals surface area contributed by atoms with Gasteiger partial charge in [-0.1, -0.05) is 18.2 Å². The van der Waals surface area contributed by atoms with E-state index in [-0.39, 0.29) is 6.04 Å². The molecule has 0 bridgehead atoms. The molecule has 0 aliphatic rings. The molecule has 0 aliphatic carbocycles. The van der Waals surface area contributed by atoms with Crippen molar-refractivity contribution in [2.24, 2.45) is 11.5 Å². The predicted octanol–water partition coefficient (Wildman–Crippen LogP) is 1.64. The summed E-state index contributed by atoms with van der Waals surface area (Å²) in [6, 6.07) is 8.23. The van der Waals surface area contributed by atoms with Crippen LogP contribution in [0.3, 0.4) is 0 Å². The van der Waals surface area contributed by atoms with Crippen LogP contribution in [0.4, 0.5) is 0 Å². The van der Waals surface area contributed by atoms with Gasteiger partial charge in [-0.05, 0) is 47.2 Å². The Morgan fingerprint density at radius 1 is 1.33 bits per heavy atom. The van der Waals surface area contributed by atoms with Crippen LogP contribution in [0.15, 0.2) is 24.3 Å². The van der Waals surface area contributed by atoms with Crippen molar-refractivity contribution in [1.29, 1.82) is 0 Å². The zero-order valence-electron chi connectivity index (χ0n) is 6.83. The summed E-state index contributed by atoms with van der Waals surface area (Å²) in [4.78, 5) is 0. The van der Waals surface area contributed by atoms with E-state index in [1.54, 1.807) is 0 Å². The number of nitrogens with two attached hydrogens (primary N) is 2. The Balaban J connectivity index is 2.79. The summed E-state index contributed by atoms with van der Waals surface area (Å²) in [5.41, 5.74) is 12.6. The first-order chi connectivity index (χ1) is 5.75. The molecule has 0 heterocycles. The van der Waals surface area contributed by atoms with Crippen LogP contribution >= 0.6 is 22.6 Å². The van der Waals surface area contributed by atoms with Crippen LogP contribution in [0.2, 0.25) is 0 Å². The van der Waals surface area contributed by atoms with Crippen LogP contribution in [0.1, 0.15) is 18.0 Å². The summed E-state index contributed by atoms with van der Waals surface area (Å²) >= 11 is 2.29. The van der Waals surface area contributed by atoms with E-state index in [1.165, 1.54) is 9.13 Å². The molecule has 12 heavy (non-hydrogen) atoms. The second-order valence-electron chi connectivity index (χ2n) is 2.71. The Morgan fingerprint density at radius 2 is 2.00 bits per heavy atom. The third-order valence-electron chi connectivity index (χ3n) is 1.78. The second-order valence-corrected chi connectivity index (χ2v) is 3.87. The molecule has 1 aromatic carbocycles. The van der Waals surface area contributed by atoms with Gasteiger partial charge >= 0.3 is 0 Å². The van der Waals surface area contributed by atoms with Crippen LogP contribution in [-0.2, 0) is 0 Å². The molecular weight excluding hydrogens is 263 g/mol. The van der Waals surface area contributed by atoms with Gasteiger partial charge in [-0.2, -0.15) is 0 Å². The van der Waals surface area contributed by atoms with Gasteiger partial charge in [-0.25, -0.2) is 0 Å². The first kappa shape index (κ1) is 9.95. The maximum absolute atomic E-state index is 5.92. The molecule has 2 nitrogen and oxygen atoms in total. The van der Waals surface area contributed by atoms with Crippen molar-refractivity contribution >= 4 is 22.6 Å². The molecule has 0 fully saturated rings. The number of hydrogen-bond donors (Lipinski definition) is 2. The van der Waals surface area contributed by atoms with E-state index in [1.807, 2.05) is 12.1 Å². The average Bonchev–Trinajstić information content (AvgIpc) is 2.05. The van der Waals surface area contributed by atoms with Gasteiger partial charge in [0.1, 0.15) is 0 Å². The van der Waals surface area contributed by atoms with Crippen molar-refractivity contribution in [3.63, 3.8) is 0 Å². The number of hydrogen-bond acceptors (Lipinski definition) is 2. The van der Waals surface area contributed by atoms with E-state index >= 15 is 0 Å². The summed E-state index contributed by atoms with van der Waals surface area (Å²) in [6.45, 7) is 0.645. The Morgan fingerprint density at radius 3 is 2.58 bits per heavy atom. The Bertz CT molecular complexity index is 250. The third-order valence-corrected chi connectivity index (χ3v) is 2.76. The van der Waals surface area contributed by atoms with Gasteiger partial charge in [-0.3, -0.25) is 0 Å². The van der Waals surface area contributed by atoms with Gasteiger partial charge in [-0.15, -0.1) is 0 Å². The largest absolute Gasteiger partial charge is 0.330 e. The number of halogens is 1. The lowest BCUT2D eigenvalue weighted by Crippen LogP contribution is -2.16. The Hall–Kier alpha value is -0.130. The third kappa shape index (κ3) is 2.43. The molecule has 1 atom stereocenters. The predicted molar refractivity (Wildman–Crippen MR) is 59.8 cm³/mol. The zero-order valence-corrected chi connectivity index (χ0v) is 8.99. The van der Waals surface area contributed by atoms with Crippen molar-refractivity contribution in [2.75, 3.05) is 6.54 Å². The summed E-state index contributed by atoms with van der Waals surface area (Å²) in [7, 11) is 0. The summed E-state index contributed by atoms with van der Waals surface area (Å²) in [6.07, 6.45) is 0.847. The van der Waals surface area contributed by atoms with Crippen LogP contribution in [0.25, 0.3) is 0 Å². The topological polar surface area (TPSA) is 52.0 Å². The molecule has 0 aromatic heterocycles. The molecular formula is C9H13IN2. The standard InChI is InChI=1S/C9H13IN2/c10-8-4-2-1-3-7(8)9(12)5-6-11/h1-4,9H,5-6,11-12H2/t9-/m0/s1. The molecule has 0 saturated heterocycles. The summed E-state index contributed by atoms with van der Waals surface area (Å²) in [5.74, 6) is 0. The lowest BCUT2D eigenvalue weighted by atomic mass is 10.1. The highest BCUT2D eigenvalue weighted by atomic mass is 127. The molecule has 1 aromatic rings. The van der Waals surface area contributed by atoms with Gasteiger partial charge in [0.25, 0.3) is 0 Å². The second kappa shape index (κ2) is 4.79. The fraction of sp³-hybridized carbons (Fsp3) is 0.333. The van der Waals surface area contributed by atoms with E-state index in [0.717, 1.165) is 6.42 Å². The molecule has 4 N–H and O–H groups in total. The van der Waals surface area contributed by atoms with E-state index < -0.39 is 0 Å². The molecule has 0 amide bonds. The monoisotopic (exact) mass is 276 g/mol. The molecule has 0 unspecified atom stereocenters. The van der Waals surface area contributed by atoms with Gasteiger partial charge in [0.15, 0.2) is 0 Å². The Kier molecular flexibility index (Phi) is 3.97. The van der Waals surface area contributed by atoms with Crippen LogP contribution < -0.4 is 11.5 Å². The first-order valence-electron chi connectivity index (χ1n) is 3.95. The van der Waals surface area contributed by atoms with E-state index in [4.69, 9.17) is 11.5 Å². The van der Waals surface area contributed by atoms with Crippen molar-refractivity contribution in [3.05, 3.63) is 33.4 Å². The maximum Gasteiger partial charge on any atom is 0.0317 e. The van der Waals surface area contributed by atoms with E-state index in [0.29, 0.717) is 6.54 Å². The van der Waals surface area contributed by atoms with Crippen LogP contribution in [0.5, 0.6) is 0 Å². The van der Waals surface area contributed by atoms with Crippen molar-refractivity contribution in [1.82, 2.24) is 0 Å². The van der Waals surface area contributed by atoms with E-state index in [2.05, 4.69) is 34.7 Å². The molecule has 66 valence electrons. The smallest absolute Gasteiger partial charge is 0.0317 e. The molecule has 0 saturated carbocycles. The number of rotatable bonds is 3. The quantitative estimate of drug-likeness (QED) is 0.825. The fourth-order valence-corrected chi connectivity index (χ4v) is 1.90. The van der Waals surface area contributed by atoms with Crippen LogP contribution in [-0.4, -0.2) is 6.54 Å². The lowest BCUT2D eigenvalue weighted by Gasteiger charge is -2.11. The minimum absolute atomic E-state index is 0.0862. The fourth-order valence-electron chi connectivity index (χ4n) is 1.11. The minimum atomic E-state index is 0.0862. The molecule has 0 spiro atoms. The molecule has 1 rings (SSSR count). The SMILES string of the molecule is NCC[C@H](N)c1ccccc1I. The summed E-state index contributed by atoms with van der Waals surface area (Å²) < 4.78 is 1.22. The van der Waals surface area contributed by atoms with Gasteiger partial charge in [0.2, 0.25) is 0 Å². The average molecular weight is 276 g/mol. The van der Waals surface area contributed by atoms with Crippen molar-refractivity contribution in [2.45, 2.75) is 12.5 Å². The highest BCUT2D eigenvalue weighted by molar-refractivity contribution is 14.1. The van der Waals surface area contributed by atoms with Crippen molar-refractivity contribution in [3.8, 4) is 0 Å². The maximum atomic E-state index is 5.92. The highest BCUT2D eigenvalue weighted by Crippen LogP contribution is 2.19. The lowest BCUT2D eigenvalue weighted by molar-refractivity contribution is 0.658. The molecule has 3 heteroatoms. The van der Waals surface area contributed by atoms with E-state index in [9.17, 15) is 0 Å². The highest BCUT2D eigenvalue weighted by Gasteiger charge is 2.06. The van der Waals surface area contributed by atoms with Crippen LogP contribution in [0, 0.1) is 3.57 Å². The van der Waals surface area contributed by atoms with Gasteiger partial charge in [0, 0.05) is 9.61 Å². The number of benzene rings is 1. The normalized spacial score (nSPS) is 12.9. The molecule has 0 aliphatic heterocycles. The van der Waals surface area contributed by atoms with Gasteiger partial charge in [0.05, 0.1) is 0 Å². The van der Waals surface area contributed by atoms with Crippen molar-refractivity contribution < 1.29 is 0 Å². The van der Waals surface area contributed by atoms with Gasteiger partial charge < -0.3 is 11.5 Å².